The van der Waals surface area contributed by atoms with Crippen molar-refractivity contribution in [3.8, 4) is 0 Å². The molecule has 0 spiro atoms. The highest BCUT2D eigenvalue weighted by atomic mass is 35.5. The molecule has 1 atom stereocenters. The predicted octanol–water partition coefficient (Wildman–Crippen LogP) is 4.01. The Labute approximate surface area is 175 Å². The van der Waals surface area contributed by atoms with Crippen LogP contribution in [0.3, 0.4) is 0 Å². The van der Waals surface area contributed by atoms with Crippen LogP contribution in [0.4, 0.5) is 0 Å². The summed E-state index contributed by atoms with van der Waals surface area (Å²) in [5.41, 5.74) is 0.182. The summed E-state index contributed by atoms with van der Waals surface area (Å²) in [7, 11) is -3.41. The first-order valence-corrected chi connectivity index (χ1v) is 12.5. The predicted molar refractivity (Wildman–Crippen MR) is 114 cm³/mol. The quantitative estimate of drug-likeness (QED) is 0.737. The number of benzene rings is 1. The van der Waals surface area contributed by atoms with Crippen LogP contribution < -0.4 is 5.32 Å². The molecule has 1 N–H and O–H groups in total. The van der Waals surface area contributed by atoms with Gasteiger partial charge >= 0.3 is 0 Å². The molecule has 1 aromatic heterocycles. The fourth-order valence-electron chi connectivity index (χ4n) is 3.42. The third kappa shape index (κ3) is 5.14. The topological polar surface area (TPSA) is 66.5 Å². The molecule has 3 rings (SSSR count). The van der Waals surface area contributed by atoms with E-state index < -0.39 is 9.84 Å². The van der Waals surface area contributed by atoms with Crippen molar-refractivity contribution in [2.24, 2.45) is 5.92 Å². The lowest BCUT2D eigenvalue weighted by atomic mass is 9.97. The highest BCUT2D eigenvalue weighted by Crippen LogP contribution is 2.29. The Morgan fingerprint density at radius 1 is 1.32 bits per heavy atom. The summed E-state index contributed by atoms with van der Waals surface area (Å²) >= 11 is 7.84. The number of nitrogens with zero attached hydrogens (tertiary/aromatic N) is 1. The number of sulfone groups is 1. The minimum atomic E-state index is -3.41. The van der Waals surface area contributed by atoms with E-state index in [9.17, 15) is 13.2 Å². The van der Waals surface area contributed by atoms with Crippen molar-refractivity contribution in [2.75, 3.05) is 25.9 Å². The minimum Gasteiger partial charge on any atom is -0.350 e. The molecular formula is C20H25ClN2O3S2. The van der Waals surface area contributed by atoms with Crippen molar-refractivity contribution in [3.05, 3.63) is 51.2 Å². The molecule has 8 heteroatoms. The summed E-state index contributed by atoms with van der Waals surface area (Å²) in [6, 6.07) is 8.43. The van der Waals surface area contributed by atoms with E-state index in [2.05, 4.69) is 23.2 Å². The summed E-state index contributed by atoms with van der Waals surface area (Å²) in [5.74, 6) is 0.370. The maximum Gasteiger partial charge on any atom is 0.252 e. The van der Waals surface area contributed by atoms with Crippen LogP contribution in [0.25, 0.3) is 0 Å². The Bertz CT molecular complexity index is 921. The third-order valence-electron chi connectivity index (χ3n) is 5.20. The Morgan fingerprint density at radius 3 is 2.64 bits per heavy atom. The SMILES string of the molecule is CC1CCN(C(CNC(=O)c2cc(S(C)(=O)=O)ccc2Cl)c2cccs2)CC1. The van der Waals surface area contributed by atoms with E-state index in [1.807, 2.05) is 11.4 Å². The second-order valence-electron chi connectivity index (χ2n) is 7.37. The van der Waals surface area contributed by atoms with Gasteiger partial charge in [0.25, 0.3) is 5.91 Å². The number of piperidine rings is 1. The maximum atomic E-state index is 12.7. The molecule has 1 aliphatic rings. The van der Waals surface area contributed by atoms with Gasteiger partial charge in [-0.15, -0.1) is 11.3 Å². The molecule has 1 unspecified atom stereocenters. The fraction of sp³-hybridized carbons (Fsp3) is 0.450. The Balaban J connectivity index is 1.75. The lowest BCUT2D eigenvalue weighted by Crippen LogP contribution is -2.41. The van der Waals surface area contributed by atoms with E-state index in [0.29, 0.717) is 6.54 Å². The summed E-state index contributed by atoms with van der Waals surface area (Å²) < 4.78 is 23.6. The number of carbonyl (C=O) groups excluding carboxylic acids is 1. The van der Waals surface area contributed by atoms with Crippen LogP contribution in [0.2, 0.25) is 5.02 Å². The molecular weight excluding hydrogens is 416 g/mol. The molecule has 0 radical (unpaired) electrons. The standard InChI is InChI=1S/C20H25ClN2O3S2/c1-14-7-9-23(10-8-14)18(19-4-3-11-27-19)13-22-20(24)16-12-15(28(2,25)26)5-6-17(16)21/h3-6,11-12,14,18H,7-10,13H2,1-2H3,(H,22,24). The Hall–Kier alpha value is -1.41. The summed E-state index contributed by atoms with van der Waals surface area (Å²) in [6.07, 6.45) is 3.41. The van der Waals surface area contributed by atoms with Crippen LogP contribution >= 0.6 is 22.9 Å². The van der Waals surface area contributed by atoms with Crippen LogP contribution in [-0.2, 0) is 9.84 Å². The molecule has 1 aromatic carbocycles. The highest BCUT2D eigenvalue weighted by Gasteiger charge is 2.26. The molecule has 0 bridgehead atoms. The number of nitrogens with one attached hydrogen (secondary N) is 1. The smallest absolute Gasteiger partial charge is 0.252 e. The maximum absolute atomic E-state index is 12.7. The molecule has 2 aromatic rings. The molecule has 1 fully saturated rings. The number of halogens is 1. The molecule has 1 aliphatic heterocycles. The molecule has 0 saturated carbocycles. The van der Waals surface area contributed by atoms with Gasteiger partial charge in [0.1, 0.15) is 0 Å². The highest BCUT2D eigenvalue weighted by molar-refractivity contribution is 7.90. The van der Waals surface area contributed by atoms with Gasteiger partial charge in [0, 0.05) is 17.7 Å². The van der Waals surface area contributed by atoms with E-state index in [-0.39, 0.29) is 27.4 Å². The van der Waals surface area contributed by atoms with Gasteiger partial charge in [0.2, 0.25) is 0 Å². The lowest BCUT2D eigenvalue weighted by Gasteiger charge is -2.36. The number of thiophene rings is 1. The monoisotopic (exact) mass is 440 g/mol. The largest absolute Gasteiger partial charge is 0.350 e. The zero-order valence-corrected chi connectivity index (χ0v) is 18.4. The van der Waals surface area contributed by atoms with Crippen molar-refractivity contribution >= 4 is 38.7 Å². The Morgan fingerprint density at radius 2 is 2.04 bits per heavy atom. The zero-order chi connectivity index (χ0) is 20.3. The number of hydrogen-bond acceptors (Lipinski definition) is 5. The second kappa shape index (κ2) is 8.95. The number of rotatable bonds is 6. The molecule has 0 aliphatic carbocycles. The summed E-state index contributed by atoms with van der Waals surface area (Å²) in [5, 5.41) is 5.25. The van der Waals surface area contributed by atoms with Gasteiger partial charge < -0.3 is 5.32 Å². The number of amides is 1. The molecule has 28 heavy (non-hydrogen) atoms. The van der Waals surface area contributed by atoms with Crippen LogP contribution in [0, 0.1) is 5.92 Å². The molecule has 1 amide bonds. The first-order valence-electron chi connectivity index (χ1n) is 9.31. The van der Waals surface area contributed by atoms with E-state index in [1.165, 1.54) is 23.1 Å². The van der Waals surface area contributed by atoms with Gasteiger partial charge in [-0.2, -0.15) is 0 Å². The van der Waals surface area contributed by atoms with Gasteiger partial charge in [-0.25, -0.2) is 8.42 Å². The first kappa shape index (κ1) is 21.3. The normalized spacial score (nSPS) is 17.4. The van der Waals surface area contributed by atoms with E-state index >= 15 is 0 Å². The van der Waals surface area contributed by atoms with Crippen LogP contribution in [0.5, 0.6) is 0 Å². The van der Waals surface area contributed by atoms with Crippen molar-refractivity contribution in [1.82, 2.24) is 10.2 Å². The summed E-state index contributed by atoms with van der Waals surface area (Å²) in [4.78, 5) is 16.5. The molecule has 2 heterocycles. The van der Waals surface area contributed by atoms with Gasteiger partial charge in [-0.1, -0.05) is 24.6 Å². The first-order chi connectivity index (χ1) is 13.3. The average Bonchev–Trinajstić information content (AvgIpc) is 3.17. The van der Waals surface area contributed by atoms with E-state index in [1.54, 1.807) is 11.3 Å². The summed E-state index contributed by atoms with van der Waals surface area (Å²) in [6.45, 7) is 4.73. The van der Waals surface area contributed by atoms with Crippen molar-refractivity contribution < 1.29 is 13.2 Å². The minimum absolute atomic E-state index is 0.0851. The van der Waals surface area contributed by atoms with Crippen LogP contribution in [0.1, 0.15) is 41.0 Å². The molecule has 152 valence electrons. The van der Waals surface area contributed by atoms with Crippen LogP contribution in [0.15, 0.2) is 40.6 Å². The number of carbonyl (C=O) groups is 1. The number of likely N-dealkylation sites (tertiary alicyclic amines) is 1. The van der Waals surface area contributed by atoms with Gasteiger partial charge in [0.05, 0.1) is 21.5 Å². The Kier molecular flexibility index (Phi) is 6.81. The van der Waals surface area contributed by atoms with Gasteiger partial charge in [0.15, 0.2) is 9.84 Å². The van der Waals surface area contributed by atoms with Crippen molar-refractivity contribution in [1.29, 1.82) is 0 Å². The second-order valence-corrected chi connectivity index (χ2v) is 10.8. The average molecular weight is 441 g/mol. The molecule has 1 saturated heterocycles. The van der Waals surface area contributed by atoms with Gasteiger partial charge in [-0.05, 0) is 61.5 Å². The number of hydrogen-bond donors (Lipinski definition) is 1. The zero-order valence-electron chi connectivity index (χ0n) is 16.0. The van der Waals surface area contributed by atoms with E-state index in [0.717, 1.165) is 38.1 Å². The third-order valence-corrected chi connectivity index (χ3v) is 7.61. The van der Waals surface area contributed by atoms with Crippen molar-refractivity contribution in [3.63, 3.8) is 0 Å². The lowest BCUT2D eigenvalue weighted by molar-refractivity contribution is 0.0915. The van der Waals surface area contributed by atoms with Crippen LogP contribution in [-0.4, -0.2) is 45.1 Å². The molecule has 5 nitrogen and oxygen atoms in total. The van der Waals surface area contributed by atoms with Crippen molar-refractivity contribution in [2.45, 2.75) is 30.7 Å². The van der Waals surface area contributed by atoms with E-state index in [4.69, 9.17) is 11.6 Å². The van der Waals surface area contributed by atoms with Gasteiger partial charge in [-0.3, -0.25) is 9.69 Å². The fourth-order valence-corrected chi connectivity index (χ4v) is 5.14.